The van der Waals surface area contributed by atoms with E-state index < -0.39 is 21.5 Å². The molecule has 0 aliphatic carbocycles. The second kappa shape index (κ2) is 10.3. The van der Waals surface area contributed by atoms with Crippen molar-refractivity contribution in [2.75, 3.05) is 31.2 Å². The lowest BCUT2D eigenvalue weighted by atomic mass is 10.1. The van der Waals surface area contributed by atoms with E-state index in [4.69, 9.17) is 4.74 Å². The molecule has 7 nitrogen and oxygen atoms in total. The Labute approximate surface area is 161 Å². The molecule has 1 aliphatic rings. The molecular formula is C19H28N2O5S. The highest BCUT2D eigenvalue weighted by atomic mass is 32.2. The van der Waals surface area contributed by atoms with Crippen molar-refractivity contribution in [3.05, 3.63) is 35.9 Å². The summed E-state index contributed by atoms with van der Waals surface area (Å²) < 4.78 is 29.3. The number of carbonyl (C=O) groups is 2. The first kappa shape index (κ1) is 21.2. The summed E-state index contributed by atoms with van der Waals surface area (Å²) in [4.78, 5) is 25.3. The molecule has 1 N–H and O–H groups in total. The van der Waals surface area contributed by atoms with Crippen molar-refractivity contribution in [2.45, 2.75) is 38.6 Å². The van der Waals surface area contributed by atoms with Crippen LogP contribution in [0.25, 0.3) is 0 Å². The molecule has 0 atom stereocenters. The van der Waals surface area contributed by atoms with Crippen LogP contribution in [0, 0.1) is 0 Å². The van der Waals surface area contributed by atoms with Crippen LogP contribution in [0.5, 0.6) is 0 Å². The molecule has 0 saturated carbocycles. The summed E-state index contributed by atoms with van der Waals surface area (Å²) in [6.07, 6.45) is 2.02. The van der Waals surface area contributed by atoms with Crippen molar-refractivity contribution in [3.63, 3.8) is 0 Å². The highest BCUT2D eigenvalue weighted by Gasteiger charge is 2.25. The van der Waals surface area contributed by atoms with Crippen molar-refractivity contribution in [2.24, 2.45) is 0 Å². The minimum absolute atomic E-state index is 0.00336. The summed E-state index contributed by atoms with van der Waals surface area (Å²) in [7, 11) is -3.43. The molecule has 1 aromatic rings. The fourth-order valence-corrected chi connectivity index (χ4v) is 4.31. The van der Waals surface area contributed by atoms with Gasteiger partial charge in [0.25, 0.3) is 0 Å². The van der Waals surface area contributed by atoms with Gasteiger partial charge in [-0.25, -0.2) is 13.2 Å². The molecule has 1 fully saturated rings. The number of hydrogen-bond acceptors (Lipinski definition) is 5. The number of hydrogen-bond donors (Lipinski definition) is 1. The summed E-state index contributed by atoms with van der Waals surface area (Å²) in [6, 6.07) is 9.57. The Bertz CT molecular complexity index is 713. The van der Waals surface area contributed by atoms with Crippen LogP contribution in [0.1, 0.15) is 31.7 Å². The van der Waals surface area contributed by atoms with Gasteiger partial charge in [0.1, 0.15) is 5.75 Å². The number of aryl methyl sites for hydroxylation is 1. The topological polar surface area (TPSA) is 92.8 Å². The van der Waals surface area contributed by atoms with Crippen LogP contribution in [0.3, 0.4) is 0 Å². The van der Waals surface area contributed by atoms with Gasteiger partial charge in [0.05, 0.1) is 12.4 Å². The number of likely N-dealkylation sites (tertiary alicyclic amines) is 1. The monoisotopic (exact) mass is 396 g/mol. The number of amides is 2. The van der Waals surface area contributed by atoms with Crippen molar-refractivity contribution in [3.8, 4) is 0 Å². The predicted molar refractivity (Wildman–Crippen MR) is 103 cm³/mol. The first-order valence-corrected chi connectivity index (χ1v) is 11.2. The smallest absolute Gasteiger partial charge is 0.409 e. The summed E-state index contributed by atoms with van der Waals surface area (Å²) >= 11 is 0. The average Bonchev–Trinajstić information content (AvgIpc) is 2.62. The van der Waals surface area contributed by atoms with Gasteiger partial charge in [0.2, 0.25) is 5.91 Å². The van der Waals surface area contributed by atoms with E-state index in [1.54, 1.807) is 11.8 Å². The molecule has 8 heteroatoms. The lowest BCUT2D eigenvalue weighted by Crippen LogP contribution is -2.47. The molecule has 150 valence electrons. The van der Waals surface area contributed by atoms with Crippen LogP contribution in [0.2, 0.25) is 0 Å². The Balaban J connectivity index is 1.69. The van der Waals surface area contributed by atoms with Gasteiger partial charge in [-0.15, -0.1) is 0 Å². The molecular weight excluding hydrogens is 368 g/mol. The fourth-order valence-electron chi connectivity index (χ4n) is 3.10. The lowest BCUT2D eigenvalue weighted by molar-refractivity contribution is -0.119. The maximum atomic E-state index is 12.2. The summed E-state index contributed by atoms with van der Waals surface area (Å²) in [5, 5.41) is 2.78. The minimum atomic E-state index is -3.43. The maximum absolute atomic E-state index is 12.2. The van der Waals surface area contributed by atoms with Gasteiger partial charge in [-0.3, -0.25) is 4.79 Å². The molecule has 2 rings (SSSR count). The second-order valence-corrected chi connectivity index (χ2v) is 8.89. The zero-order valence-corrected chi connectivity index (χ0v) is 16.5. The van der Waals surface area contributed by atoms with Gasteiger partial charge < -0.3 is 15.0 Å². The van der Waals surface area contributed by atoms with Crippen LogP contribution >= 0.6 is 0 Å². The lowest BCUT2D eigenvalue weighted by Gasteiger charge is -2.31. The predicted octanol–water partition coefficient (Wildman–Crippen LogP) is 1.77. The number of benzene rings is 1. The van der Waals surface area contributed by atoms with Gasteiger partial charge >= 0.3 is 6.09 Å². The number of nitrogens with one attached hydrogen (secondary N) is 1. The summed E-state index contributed by atoms with van der Waals surface area (Å²) in [6.45, 7) is 3.07. The van der Waals surface area contributed by atoms with E-state index >= 15 is 0 Å². The van der Waals surface area contributed by atoms with E-state index in [1.807, 2.05) is 30.3 Å². The molecule has 1 saturated heterocycles. The van der Waals surface area contributed by atoms with E-state index in [2.05, 4.69) is 5.32 Å². The van der Waals surface area contributed by atoms with Crippen LogP contribution < -0.4 is 5.32 Å². The Kier molecular flexibility index (Phi) is 8.09. The third kappa shape index (κ3) is 7.58. The SMILES string of the molecule is CCOC(=O)N1CCC(NC(=O)CS(=O)(=O)CCCc2ccccc2)CC1. The Morgan fingerprint density at radius 1 is 1.19 bits per heavy atom. The number of carbonyl (C=O) groups excluding carboxylic acids is 2. The van der Waals surface area contributed by atoms with Crippen molar-refractivity contribution in [1.29, 1.82) is 0 Å². The number of sulfone groups is 1. The number of nitrogens with zero attached hydrogens (tertiary/aromatic N) is 1. The fraction of sp³-hybridized carbons (Fsp3) is 0.579. The molecule has 0 bridgehead atoms. The average molecular weight is 397 g/mol. The van der Waals surface area contributed by atoms with Gasteiger partial charge in [-0.05, 0) is 38.2 Å². The van der Waals surface area contributed by atoms with Crippen LogP contribution in [-0.2, 0) is 25.8 Å². The van der Waals surface area contributed by atoms with Crippen LogP contribution in [0.4, 0.5) is 4.79 Å². The second-order valence-electron chi connectivity index (χ2n) is 6.71. The highest BCUT2D eigenvalue weighted by molar-refractivity contribution is 7.92. The zero-order chi connectivity index (χ0) is 19.7. The first-order chi connectivity index (χ1) is 12.9. The molecule has 1 heterocycles. The van der Waals surface area contributed by atoms with E-state index in [-0.39, 0.29) is 17.9 Å². The number of piperidine rings is 1. The summed E-state index contributed by atoms with van der Waals surface area (Å²) in [5.41, 5.74) is 1.09. The molecule has 1 aliphatic heterocycles. The Morgan fingerprint density at radius 2 is 1.85 bits per heavy atom. The van der Waals surface area contributed by atoms with E-state index in [0.717, 1.165) is 5.56 Å². The quantitative estimate of drug-likeness (QED) is 0.723. The Morgan fingerprint density at radius 3 is 2.48 bits per heavy atom. The third-order valence-electron chi connectivity index (χ3n) is 4.50. The number of ether oxygens (including phenoxy) is 1. The van der Waals surface area contributed by atoms with Crippen LogP contribution in [-0.4, -0.2) is 62.6 Å². The van der Waals surface area contributed by atoms with E-state index in [0.29, 0.717) is 45.4 Å². The van der Waals surface area contributed by atoms with Gasteiger partial charge in [0, 0.05) is 19.1 Å². The van der Waals surface area contributed by atoms with E-state index in [9.17, 15) is 18.0 Å². The van der Waals surface area contributed by atoms with Crippen LogP contribution in [0.15, 0.2) is 30.3 Å². The van der Waals surface area contributed by atoms with Crippen molar-refractivity contribution < 1.29 is 22.7 Å². The van der Waals surface area contributed by atoms with Crippen molar-refractivity contribution >= 4 is 21.8 Å². The standard InChI is InChI=1S/C19H28N2O5S/c1-2-26-19(23)21-12-10-17(11-13-21)20-18(22)15-27(24,25)14-6-9-16-7-4-3-5-8-16/h3-5,7-8,17H,2,6,9-15H2,1H3,(H,20,22). The van der Waals surface area contributed by atoms with Gasteiger partial charge in [-0.2, -0.15) is 0 Å². The zero-order valence-electron chi connectivity index (χ0n) is 15.7. The largest absolute Gasteiger partial charge is 0.450 e. The highest BCUT2D eigenvalue weighted by Crippen LogP contribution is 2.12. The van der Waals surface area contributed by atoms with Gasteiger partial charge in [-0.1, -0.05) is 30.3 Å². The van der Waals surface area contributed by atoms with Crippen molar-refractivity contribution in [1.82, 2.24) is 10.2 Å². The number of rotatable bonds is 8. The molecule has 0 unspecified atom stereocenters. The molecule has 0 radical (unpaired) electrons. The normalized spacial score (nSPS) is 15.4. The maximum Gasteiger partial charge on any atom is 0.409 e. The first-order valence-electron chi connectivity index (χ1n) is 9.35. The third-order valence-corrected chi connectivity index (χ3v) is 6.11. The Hall–Kier alpha value is -2.09. The molecule has 1 aromatic carbocycles. The molecule has 0 aromatic heterocycles. The molecule has 27 heavy (non-hydrogen) atoms. The minimum Gasteiger partial charge on any atom is -0.450 e. The van der Waals surface area contributed by atoms with Gasteiger partial charge in [0.15, 0.2) is 9.84 Å². The molecule has 2 amide bonds. The molecule has 0 spiro atoms. The summed E-state index contributed by atoms with van der Waals surface area (Å²) in [5.74, 6) is -0.958. The van der Waals surface area contributed by atoms with E-state index in [1.165, 1.54) is 0 Å².